The second-order valence-corrected chi connectivity index (χ2v) is 6.93. The molecule has 0 amide bonds. The highest BCUT2D eigenvalue weighted by Gasteiger charge is 2.20. The minimum Gasteiger partial charge on any atom is -0.493 e. The van der Waals surface area contributed by atoms with E-state index in [0.29, 0.717) is 30.9 Å². The average molecular weight is 326 g/mol. The van der Waals surface area contributed by atoms with Crippen LogP contribution in [0.1, 0.15) is 38.3 Å². The number of ketones is 1. The highest BCUT2D eigenvalue weighted by Crippen LogP contribution is 2.29. The summed E-state index contributed by atoms with van der Waals surface area (Å²) in [4.78, 5) is 12.1. The maximum absolute atomic E-state index is 12.1. The molecule has 0 radical (unpaired) electrons. The van der Waals surface area contributed by atoms with Gasteiger partial charge >= 0.3 is 0 Å². The largest absolute Gasteiger partial charge is 0.493 e. The van der Waals surface area contributed by atoms with Gasteiger partial charge in [0.05, 0.1) is 7.11 Å². The lowest BCUT2D eigenvalue weighted by molar-refractivity contribution is -0.126. The molecule has 0 N–H and O–H groups in total. The molecule has 2 aromatic rings. The third-order valence-electron chi connectivity index (χ3n) is 3.94. The Morgan fingerprint density at radius 2 is 1.67 bits per heavy atom. The molecule has 2 aromatic carbocycles. The van der Waals surface area contributed by atoms with E-state index >= 15 is 0 Å². The first-order valence-corrected chi connectivity index (χ1v) is 8.27. The Morgan fingerprint density at radius 3 is 2.29 bits per heavy atom. The second-order valence-electron chi connectivity index (χ2n) is 6.93. The first-order chi connectivity index (χ1) is 11.4. The van der Waals surface area contributed by atoms with E-state index in [1.807, 2.05) is 69.3 Å². The van der Waals surface area contributed by atoms with Crippen LogP contribution in [0.2, 0.25) is 0 Å². The summed E-state index contributed by atoms with van der Waals surface area (Å²) in [6.45, 7) is 6.36. The normalized spacial score (nSPS) is 11.2. The fourth-order valence-electron chi connectivity index (χ4n) is 2.35. The fourth-order valence-corrected chi connectivity index (χ4v) is 2.35. The van der Waals surface area contributed by atoms with Gasteiger partial charge in [-0.1, -0.05) is 57.2 Å². The molecule has 0 unspecified atom stereocenters. The molecule has 0 spiro atoms. The molecular weight excluding hydrogens is 300 g/mol. The molecular formula is C21H26O3. The predicted octanol–water partition coefficient (Wildman–Crippen LogP) is 4.82. The van der Waals surface area contributed by atoms with Crippen molar-refractivity contribution in [1.29, 1.82) is 0 Å². The molecule has 0 heterocycles. The van der Waals surface area contributed by atoms with Crippen molar-refractivity contribution in [2.24, 2.45) is 5.41 Å². The van der Waals surface area contributed by atoms with Gasteiger partial charge in [-0.05, 0) is 29.7 Å². The topological polar surface area (TPSA) is 35.5 Å². The van der Waals surface area contributed by atoms with Crippen molar-refractivity contribution in [2.45, 2.75) is 40.2 Å². The molecule has 24 heavy (non-hydrogen) atoms. The van der Waals surface area contributed by atoms with Crippen LogP contribution in [0.3, 0.4) is 0 Å². The van der Waals surface area contributed by atoms with Gasteiger partial charge in [0.15, 0.2) is 11.5 Å². The van der Waals surface area contributed by atoms with Crippen LogP contribution in [0.5, 0.6) is 11.5 Å². The summed E-state index contributed by atoms with van der Waals surface area (Å²) in [5.74, 6) is 1.68. The molecule has 0 saturated heterocycles. The average Bonchev–Trinajstić information content (AvgIpc) is 2.58. The van der Waals surface area contributed by atoms with Crippen molar-refractivity contribution < 1.29 is 14.3 Å². The predicted molar refractivity (Wildman–Crippen MR) is 96.6 cm³/mol. The summed E-state index contributed by atoms with van der Waals surface area (Å²) in [5, 5.41) is 0. The number of ether oxygens (including phenoxy) is 2. The van der Waals surface area contributed by atoms with E-state index in [-0.39, 0.29) is 11.2 Å². The van der Waals surface area contributed by atoms with Gasteiger partial charge in [0, 0.05) is 11.8 Å². The summed E-state index contributed by atoms with van der Waals surface area (Å²) >= 11 is 0. The number of Topliss-reactive ketones (excluding diaryl/α,β-unsaturated/α-hetero) is 1. The molecule has 3 nitrogen and oxygen atoms in total. The summed E-state index contributed by atoms with van der Waals surface area (Å²) in [7, 11) is 1.63. The van der Waals surface area contributed by atoms with E-state index in [9.17, 15) is 4.79 Å². The number of carbonyl (C=O) groups excluding carboxylic acids is 1. The van der Waals surface area contributed by atoms with Crippen molar-refractivity contribution in [3.05, 3.63) is 59.7 Å². The second kappa shape index (κ2) is 8.00. The van der Waals surface area contributed by atoms with Crippen LogP contribution in [0, 0.1) is 5.41 Å². The van der Waals surface area contributed by atoms with Gasteiger partial charge in [-0.15, -0.1) is 0 Å². The van der Waals surface area contributed by atoms with Gasteiger partial charge in [-0.25, -0.2) is 0 Å². The number of methoxy groups -OCH3 is 1. The Kier molecular flexibility index (Phi) is 6.02. The molecule has 0 bridgehead atoms. The van der Waals surface area contributed by atoms with Crippen molar-refractivity contribution in [1.82, 2.24) is 0 Å². The van der Waals surface area contributed by atoms with Crippen LogP contribution in [0.4, 0.5) is 0 Å². The first kappa shape index (κ1) is 18.1. The molecule has 3 heteroatoms. The summed E-state index contributed by atoms with van der Waals surface area (Å²) in [6, 6.07) is 15.9. The summed E-state index contributed by atoms with van der Waals surface area (Å²) < 4.78 is 11.3. The van der Waals surface area contributed by atoms with E-state index in [0.717, 1.165) is 11.1 Å². The third kappa shape index (κ3) is 5.12. The van der Waals surface area contributed by atoms with E-state index in [1.165, 1.54) is 0 Å². The lowest BCUT2D eigenvalue weighted by Crippen LogP contribution is -2.20. The van der Waals surface area contributed by atoms with Crippen molar-refractivity contribution in [3.63, 3.8) is 0 Å². The maximum Gasteiger partial charge on any atom is 0.161 e. The molecule has 128 valence electrons. The minimum absolute atomic E-state index is 0.269. The van der Waals surface area contributed by atoms with Gasteiger partial charge < -0.3 is 9.47 Å². The van der Waals surface area contributed by atoms with E-state index in [4.69, 9.17) is 9.47 Å². The van der Waals surface area contributed by atoms with Crippen molar-refractivity contribution in [3.8, 4) is 11.5 Å². The van der Waals surface area contributed by atoms with Gasteiger partial charge in [-0.3, -0.25) is 4.79 Å². The van der Waals surface area contributed by atoms with Crippen LogP contribution in [0.15, 0.2) is 48.5 Å². The lowest BCUT2D eigenvalue weighted by Gasteiger charge is -2.17. The molecule has 2 rings (SSSR count). The van der Waals surface area contributed by atoms with Crippen LogP contribution in [-0.2, 0) is 17.8 Å². The van der Waals surface area contributed by atoms with Gasteiger partial charge in [0.2, 0.25) is 0 Å². The summed E-state index contributed by atoms with van der Waals surface area (Å²) in [6.07, 6.45) is 1.25. The maximum atomic E-state index is 12.1. The number of hydrogen-bond acceptors (Lipinski definition) is 3. The summed E-state index contributed by atoms with van der Waals surface area (Å²) in [5.41, 5.74) is 1.90. The Bertz CT molecular complexity index is 669. The number of aryl methyl sites for hydroxylation is 1. The molecule has 0 aliphatic rings. The van der Waals surface area contributed by atoms with Gasteiger partial charge in [0.25, 0.3) is 0 Å². The minimum atomic E-state index is -0.289. The Balaban J connectivity index is 2.00. The van der Waals surface area contributed by atoms with Crippen molar-refractivity contribution in [2.75, 3.05) is 7.11 Å². The molecule has 0 saturated carbocycles. The van der Waals surface area contributed by atoms with Crippen LogP contribution < -0.4 is 9.47 Å². The molecule has 0 atom stereocenters. The zero-order valence-electron chi connectivity index (χ0n) is 15.0. The van der Waals surface area contributed by atoms with Crippen LogP contribution in [0.25, 0.3) is 0 Å². The Morgan fingerprint density at radius 1 is 0.958 bits per heavy atom. The Hall–Kier alpha value is -2.29. The number of carbonyl (C=O) groups is 1. The highest BCUT2D eigenvalue weighted by atomic mass is 16.5. The van der Waals surface area contributed by atoms with Crippen molar-refractivity contribution >= 4 is 5.78 Å². The number of benzene rings is 2. The Labute approximate surface area is 144 Å². The SMILES string of the molecule is COc1cc(CCC(=O)C(C)(C)C)ccc1OCc1ccccc1. The number of hydrogen-bond donors (Lipinski definition) is 0. The standard InChI is InChI=1S/C21H26O3/c1-21(2,3)20(22)13-11-16-10-12-18(19(14-16)23-4)24-15-17-8-6-5-7-9-17/h5-10,12,14H,11,13,15H2,1-4H3. The lowest BCUT2D eigenvalue weighted by atomic mass is 9.87. The molecule has 0 fully saturated rings. The van der Waals surface area contributed by atoms with E-state index in [1.54, 1.807) is 7.11 Å². The quantitative estimate of drug-likeness (QED) is 0.731. The molecule has 0 aliphatic carbocycles. The number of rotatable bonds is 7. The zero-order chi connectivity index (χ0) is 17.6. The van der Waals surface area contributed by atoms with E-state index in [2.05, 4.69) is 0 Å². The zero-order valence-corrected chi connectivity index (χ0v) is 15.0. The monoisotopic (exact) mass is 326 g/mol. The molecule has 0 aromatic heterocycles. The third-order valence-corrected chi connectivity index (χ3v) is 3.94. The fraction of sp³-hybridized carbons (Fsp3) is 0.381. The van der Waals surface area contributed by atoms with Crippen LogP contribution in [-0.4, -0.2) is 12.9 Å². The highest BCUT2D eigenvalue weighted by molar-refractivity contribution is 5.83. The van der Waals surface area contributed by atoms with Gasteiger partial charge in [0.1, 0.15) is 12.4 Å². The molecule has 0 aliphatic heterocycles. The van der Waals surface area contributed by atoms with Crippen LogP contribution >= 0.6 is 0 Å². The van der Waals surface area contributed by atoms with Gasteiger partial charge in [-0.2, -0.15) is 0 Å². The smallest absolute Gasteiger partial charge is 0.161 e. The first-order valence-electron chi connectivity index (χ1n) is 8.27. The van der Waals surface area contributed by atoms with E-state index < -0.39 is 0 Å².